The van der Waals surface area contributed by atoms with Gasteiger partial charge in [-0.1, -0.05) is 19.8 Å². The summed E-state index contributed by atoms with van der Waals surface area (Å²) >= 11 is 0. The summed E-state index contributed by atoms with van der Waals surface area (Å²) in [5, 5.41) is 0. The summed E-state index contributed by atoms with van der Waals surface area (Å²) in [5.74, 6) is -0.241. The van der Waals surface area contributed by atoms with Gasteiger partial charge in [0, 0.05) is 6.04 Å². The molecule has 0 bridgehead atoms. The fraction of sp³-hybridized carbons (Fsp3) is 0.500. The highest BCUT2D eigenvalue weighted by Crippen LogP contribution is 1.95. The highest BCUT2D eigenvalue weighted by atomic mass is 16.1. The predicted molar refractivity (Wildman–Crippen MR) is 61.5 cm³/mol. The van der Waals surface area contributed by atoms with Crippen molar-refractivity contribution in [2.45, 2.75) is 39.2 Å². The van der Waals surface area contributed by atoms with Gasteiger partial charge in [0.05, 0.1) is 0 Å². The van der Waals surface area contributed by atoms with E-state index in [0.717, 1.165) is 0 Å². The van der Waals surface area contributed by atoms with Crippen molar-refractivity contribution in [2.75, 3.05) is 0 Å². The highest BCUT2D eigenvalue weighted by molar-refractivity contribution is 6.14. The Morgan fingerprint density at radius 1 is 1.13 bits per heavy atom. The lowest BCUT2D eigenvalue weighted by atomic mass is 10.2. The number of unbranched alkanes of at least 4 members (excludes halogenated alkanes) is 1. The van der Waals surface area contributed by atoms with Gasteiger partial charge in [-0.2, -0.15) is 0 Å². The lowest BCUT2D eigenvalue weighted by Crippen LogP contribution is -2.13. The molecule has 1 atom stereocenters. The van der Waals surface area contributed by atoms with Crippen molar-refractivity contribution in [3.8, 4) is 0 Å². The van der Waals surface area contributed by atoms with Crippen LogP contribution in [0.3, 0.4) is 0 Å². The molecular formula is C12H19NO2. The number of ketones is 2. The Hall–Kier alpha value is -1.22. The van der Waals surface area contributed by atoms with E-state index in [9.17, 15) is 9.59 Å². The molecule has 0 aliphatic heterocycles. The number of allylic oxidation sites excluding steroid dienone is 4. The Kier molecular flexibility index (Phi) is 7.46. The lowest BCUT2D eigenvalue weighted by Gasteiger charge is -1.99. The van der Waals surface area contributed by atoms with E-state index < -0.39 is 0 Å². The van der Waals surface area contributed by atoms with E-state index in [2.05, 4.69) is 13.8 Å². The van der Waals surface area contributed by atoms with Crippen LogP contribution >= 0.6 is 0 Å². The summed E-state index contributed by atoms with van der Waals surface area (Å²) in [6, 6.07) is 0.403. The molecule has 1 aliphatic carbocycles. The van der Waals surface area contributed by atoms with Crippen LogP contribution in [0.15, 0.2) is 24.3 Å². The fourth-order valence-corrected chi connectivity index (χ4v) is 0.966. The molecular weight excluding hydrogens is 190 g/mol. The molecule has 0 aromatic carbocycles. The molecule has 0 saturated carbocycles. The summed E-state index contributed by atoms with van der Waals surface area (Å²) in [5.41, 5.74) is 5.48. The Morgan fingerprint density at radius 2 is 1.53 bits per heavy atom. The SMILES string of the molecule is CCCCC(C)N.O=C1C=CC(=O)C=C1. The molecule has 3 heteroatoms. The lowest BCUT2D eigenvalue weighted by molar-refractivity contribution is -0.113. The molecule has 0 saturated heterocycles. The first-order valence-corrected chi connectivity index (χ1v) is 5.26. The number of hydrogen-bond acceptors (Lipinski definition) is 3. The minimum absolute atomic E-state index is 0.121. The third kappa shape index (κ3) is 9.09. The Bertz CT molecular complexity index is 227. The van der Waals surface area contributed by atoms with Gasteiger partial charge in [-0.25, -0.2) is 0 Å². The average Bonchev–Trinajstić information content (AvgIpc) is 2.20. The zero-order valence-electron chi connectivity index (χ0n) is 9.40. The molecule has 0 fully saturated rings. The molecule has 0 radical (unpaired) electrons. The van der Waals surface area contributed by atoms with Crippen molar-refractivity contribution >= 4 is 11.6 Å². The van der Waals surface area contributed by atoms with E-state index >= 15 is 0 Å². The summed E-state index contributed by atoms with van der Waals surface area (Å²) in [6.07, 6.45) is 8.73. The van der Waals surface area contributed by atoms with Crippen LogP contribution in [0.5, 0.6) is 0 Å². The summed E-state index contributed by atoms with van der Waals surface area (Å²) in [4.78, 5) is 20.6. The maximum absolute atomic E-state index is 10.3. The second-order valence-electron chi connectivity index (χ2n) is 3.59. The molecule has 84 valence electrons. The maximum Gasteiger partial charge on any atom is 0.178 e. The van der Waals surface area contributed by atoms with E-state index in [4.69, 9.17) is 5.73 Å². The van der Waals surface area contributed by atoms with Crippen molar-refractivity contribution in [3.05, 3.63) is 24.3 Å². The van der Waals surface area contributed by atoms with Gasteiger partial charge in [-0.3, -0.25) is 9.59 Å². The van der Waals surface area contributed by atoms with Crippen LogP contribution in [0.1, 0.15) is 33.1 Å². The second kappa shape index (κ2) is 8.12. The summed E-state index contributed by atoms with van der Waals surface area (Å²) < 4.78 is 0. The normalized spacial score (nSPS) is 15.9. The zero-order chi connectivity index (χ0) is 11.7. The third-order valence-electron chi connectivity index (χ3n) is 1.84. The Labute approximate surface area is 91.0 Å². The molecule has 0 amide bonds. The van der Waals surface area contributed by atoms with Crippen LogP contribution in [-0.4, -0.2) is 17.6 Å². The van der Waals surface area contributed by atoms with E-state index in [1.54, 1.807) is 0 Å². The minimum atomic E-state index is -0.121. The van der Waals surface area contributed by atoms with Crippen LogP contribution in [0.2, 0.25) is 0 Å². The quantitative estimate of drug-likeness (QED) is 0.721. The van der Waals surface area contributed by atoms with Gasteiger partial charge in [0.15, 0.2) is 11.6 Å². The second-order valence-corrected chi connectivity index (χ2v) is 3.59. The van der Waals surface area contributed by atoms with E-state index in [0.29, 0.717) is 6.04 Å². The highest BCUT2D eigenvalue weighted by Gasteiger charge is 1.97. The smallest absolute Gasteiger partial charge is 0.178 e. The maximum atomic E-state index is 10.3. The molecule has 0 aromatic rings. The van der Waals surface area contributed by atoms with Gasteiger partial charge in [0.2, 0.25) is 0 Å². The van der Waals surface area contributed by atoms with Crippen molar-refractivity contribution in [2.24, 2.45) is 5.73 Å². The predicted octanol–water partition coefficient (Wildman–Crippen LogP) is 1.77. The van der Waals surface area contributed by atoms with Gasteiger partial charge in [0.25, 0.3) is 0 Å². The summed E-state index contributed by atoms with van der Waals surface area (Å²) in [6.45, 7) is 4.23. The molecule has 3 nitrogen and oxygen atoms in total. The molecule has 1 aliphatic rings. The number of carbonyl (C=O) groups is 2. The molecule has 0 spiro atoms. The van der Waals surface area contributed by atoms with Crippen LogP contribution in [0.25, 0.3) is 0 Å². The van der Waals surface area contributed by atoms with Crippen LogP contribution < -0.4 is 5.73 Å². The van der Waals surface area contributed by atoms with Gasteiger partial charge in [0.1, 0.15) is 0 Å². The number of hydrogen-bond donors (Lipinski definition) is 1. The molecule has 1 rings (SSSR count). The molecule has 0 aromatic heterocycles. The van der Waals surface area contributed by atoms with Gasteiger partial charge < -0.3 is 5.73 Å². The van der Waals surface area contributed by atoms with E-state index in [1.165, 1.54) is 43.6 Å². The minimum Gasteiger partial charge on any atom is -0.328 e. The Balaban J connectivity index is 0.000000265. The first-order chi connectivity index (χ1) is 7.06. The van der Waals surface area contributed by atoms with E-state index in [-0.39, 0.29) is 11.6 Å². The number of rotatable bonds is 3. The molecule has 1 unspecified atom stereocenters. The van der Waals surface area contributed by atoms with Crippen molar-refractivity contribution in [3.63, 3.8) is 0 Å². The standard InChI is InChI=1S/C6H15N.C6H4O2/c1-3-4-5-6(2)7;7-5-1-2-6(8)4-3-5/h6H,3-5,7H2,1-2H3;1-4H. The van der Waals surface area contributed by atoms with Gasteiger partial charge in [-0.05, 0) is 37.6 Å². The largest absolute Gasteiger partial charge is 0.328 e. The van der Waals surface area contributed by atoms with E-state index in [1.807, 2.05) is 0 Å². The van der Waals surface area contributed by atoms with Crippen molar-refractivity contribution in [1.82, 2.24) is 0 Å². The van der Waals surface area contributed by atoms with Gasteiger partial charge in [-0.15, -0.1) is 0 Å². The Morgan fingerprint density at radius 3 is 1.73 bits per heavy atom. The molecule has 2 N–H and O–H groups in total. The van der Waals surface area contributed by atoms with Crippen LogP contribution in [0, 0.1) is 0 Å². The number of carbonyl (C=O) groups excluding carboxylic acids is 2. The average molecular weight is 209 g/mol. The first kappa shape index (κ1) is 13.8. The number of nitrogens with two attached hydrogens (primary N) is 1. The monoisotopic (exact) mass is 209 g/mol. The summed E-state index contributed by atoms with van der Waals surface area (Å²) in [7, 11) is 0. The van der Waals surface area contributed by atoms with Crippen LogP contribution in [0.4, 0.5) is 0 Å². The first-order valence-electron chi connectivity index (χ1n) is 5.26. The zero-order valence-corrected chi connectivity index (χ0v) is 9.40. The topological polar surface area (TPSA) is 60.2 Å². The molecule has 0 heterocycles. The fourth-order valence-electron chi connectivity index (χ4n) is 0.966. The van der Waals surface area contributed by atoms with Crippen molar-refractivity contribution < 1.29 is 9.59 Å². The van der Waals surface area contributed by atoms with Crippen molar-refractivity contribution in [1.29, 1.82) is 0 Å². The van der Waals surface area contributed by atoms with Gasteiger partial charge >= 0.3 is 0 Å². The third-order valence-corrected chi connectivity index (χ3v) is 1.84. The molecule has 15 heavy (non-hydrogen) atoms. The van der Waals surface area contributed by atoms with Crippen LogP contribution in [-0.2, 0) is 9.59 Å².